The first kappa shape index (κ1) is 12.9. The molecule has 94 valence electrons. The molecule has 1 aromatic carbocycles. The third-order valence-electron chi connectivity index (χ3n) is 3.76. The van der Waals surface area contributed by atoms with E-state index in [2.05, 4.69) is 52.9 Å². The van der Waals surface area contributed by atoms with E-state index in [1.807, 2.05) is 0 Å². The summed E-state index contributed by atoms with van der Waals surface area (Å²) in [5.74, 6) is 1.61. The molecule has 1 heterocycles. The van der Waals surface area contributed by atoms with E-state index in [0.29, 0.717) is 6.54 Å². The third kappa shape index (κ3) is 2.83. The second-order valence-electron chi connectivity index (χ2n) is 5.23. The number of hydrogen-bond acceptors (Lipinski definition) is 2. The first-order chi connectivity index (χ1) is 8.11. The van der Waals surface area contributed by atoms with Gasteiger partial charge < -0.3 is 10.6 Å². The quantitative estimate of drug-likeness (QED) is 0.926. The Kier molecular flexibility index (Phi) is 4.10. The lowest BCUT2D eigenvalue weighted by atomic mass is 9.95. The van der Waals surface area contributed by atoms with Crippen molar-refractivity contribution in [3.8, 4) is 0 Å². The van der Waals surface area contributed by atoms with Gasteiger partial charge in [0.1, 0.15) is 0 Å². The molecule has 0 radical (unpaired) electrons. The fourth-order valence-electron chi connectivity index (χ4n) is 2.48. The molecule has 1 atom stereocenters. The molecule has 0 amide bonds. The van der Waals surface area contributed by atoms with Gasteiger partial charge in [-0.1, -0.05) is 19.9 Å². The van der Waals surface area contributed by atoms with Crippen LogP contribution in [0.1, 0.15) is 25.8 Å². The maximum Gasteiger partial charge on any atom is 0.0510 e. The molecule has 0 saturated carbocycles. The van der Waals surface area contributed by atoms with Gasteiger partial charge in [0.15, 0.2) is 0 Å². The molecule has 17 heavy (non-hydrogen) atoms. The van der Waals surface area contributed by atoms with Gasteiger partial charge in [0.2, 0.25) is 0 Å². The van der Waals surface area contributed by atoms with Gasteiger partial charge in [0.05, 0.1) is 5.69 Å². The summed E-state index contributed by atoms with van der Waals surface area (Å²) < 4.78 is 1.17. The summed E-state index contributed by atoms with van der Waals surface area (Å²) in [5, 5.41) is 0. The van der Waals surface area contributed by atoms with Crippen LogP contribution in [-0.4, -0.2) is 13.1 Å². The maximum absolute atomic E-state index is 5.65. The minimum Gasteiger partial charge on any atom is -0.370 e. The molecule has 1 aliphatic heterocycles. The number of rotatable bonds is 3. The number of benzene rings is 1. The lowest BCUT2D eigenvalue weighted by molar-refractivity contribution is 0.423. The maximum atomic E-state index is 5.65. The van der Waals surface area contributed by atoms with Crippen molar-refractivity contribution in [2.24, 2.45) is 17.6 Å². The van der Waals surface area contributed by atoms with E-state index < -0.39 is 0 Å². The smallest absolute Gasteiger partial charge is 0.0510 e. The monoisotopic (exact) mass is 296 g/mol. The number of nitrogens with zero attached hydrogens (tertiary/aromatic N) is 1. The summed E-state index contributed by atoms with van der Waals surface area (Å²) in [4.78, 5) is 2.48. The van der Waals surface area contributed by atoms with Crippen molar-refractivity contribution in [2.75, 3.05) is 18.0 Å². The van der Waals surface area contributed by atoms with Crippen molar-refractivity contribution in [2.45, 2.75) is 26.8 Å². The summed E-state index contributed by atoms with van der Waals surface area (Å²) in [6.07, 6.45) is 1.31. The molecule has 3 heteroatoms. The van der Waals surface area contributed by atoms with Crippen LogP contribution in [0.5, 0.6) is 0 Å². The van der Waals surface area contributed by atoms with E-state index in [1.54, 1.807) is 0 Å². The largest absolute Gasteiger partial charge is 0.370 e. The van der Waals surface area contributed by atoms with Gasteiger partial charge in [-0.2, -0.15) is 0 Å². The summed E-state index contributed by atoms with van der Waals surface area (Å²) in [6.45, 7) is 7.59. The first-order valence-electron chi connectivity index (χ1n) is 6.35. The van der Waals surface area contributed by atoms with Crippen LogP contribution in [-0.2, 0) is 6.54 Å². The van der Waals surface area contributed by atoms with Crippen LogP contribution in [0.4, 0.5) is 5.69 Å². The molecule has 0 spiro atoms. The Morgan fingerprint density at radius 3 is 2.76 bits per heavy atom. The highest BCUT2D eigenvalue weighted by atomic mass is 79.9. The molecular weight excluding hydrogens is 276 g/mol. The van der Waals surface area contributed by atoms with Crippen LogP contribution in [0, 0.1) is 11.8 Å². The number of anilines is 1. The Hall–Kier alpha value is -0.540. The van der Waals surface area contributed by atoms with Crippen molar-refractivity contribution < 1.29 is 0 Å². The van der Waals surface area contributed by atoms with Crippen LogP contribution < -0.4 is 10.6 Å². The Bertz CT molecular complexity index is 390. The molecule has 1 aliphatic rings. The van der Waals surface area contributed by atoms with Crippen molar-refractivity contribution in [1.82, 2.24) is 0 Å². The highest BCUT2D eigenvalue weighted by molar-refractivity contribution is 9.10. The van der Waals surface area contributed by atoms with Gasteiger partial charge in [-0.15, -0.1) is 0 Å². The Labute approximate surface area is 112 Å². The minimum atomic E-state index is 0.605. The van der Waals surface area contributed by atoms with Gasteiger partial charge in [-0.05, 0) is 51.9 Å². The van der Waals surface area contributed by atoms with Crippen LogP contribution >= 0.6 is 15.9 Å². The zero-order chi connectivity index (χ0) is 12.4. The van der Waals surface area contributed by atoms with Crippen molar-refractivity contribution >= 4 is 21.6 Å². The summed E-state index contributed by atoms with van der Waals surface area (Å²) in [7, 11) is 0. The molecule has 0 aromatic heterocycles. The molecule has 1 aromatic rings. The van der Waals surface area contributed by atoms with Gasteiger partial charge >= 0.3 is 0 Å². The van der Waals surface area contributed by atoms with Crippen molar-refractivity contribution in [1.29, 1.82) is 0 Å². The Balaban J connectivity index is 2.13. The second kappa shape index (κ2) is 5.40. The molecule has 0 bridgehead atoms. The fraction of sp³-hybridized carbons (Fsp3) is 0.571. The lowest BCUT2D eigenvalue weighted by Crippen LogP contribution is -2.21. The highest BCUT2D eigenvalue weighted by Crippen LogP contribution is 2.33. The summed E-state index contributed by atoms with van der Waals surface area (Å²) >= 11 is 3.66. The first-order valence-corrected chi connectivity index (χ1v) is 7.14. The number of hydrogen-bond donors (Lipinski definition) is 1. The second-order valence-corrected chi connectivity index (χ2v) is 6.08. The van der Waals surface area contributed by atoms with Crippen molar-refractivity contribution in [3.63, 3.8) is 0 Å². The molecule has 2 N–H and O–H groups in total. The molecule has 1 saturated heterocycles. The molecule has 0 aliphatic carbocycles. The van der Waals surface area contributed by atoms with Gasteiger partial charge in [0.25, 0.3) is 0 Å². The predicted molar refractivity (Wildman–Crippen MR) is 77.2 cm³/mol. The van der Waals surface area contributed by atoms with Crippen LogP contribution in [0.3, 0.4) is 0 Å². The van der Waals surface area contributed by atoms with Gasteiger partial charge in [0, 0.05) is 24.1 Å². The average molecular weight is 297 g/mol. The highest BCUT2D eigenvalue weighted by Gasteiger charge is 2.25. The molecule has 1 unspecified atom stereocenters. The van der Waals surface area contributed by atoms with E-state index in [1.165, 1.54) is 35.2 Å². The van der Waals surface area contributed by atoms with E-state index in [4.69, 9.17) is 5.73 Å². The fourth-order valence-corrected chi connectivity index (χ4v) is 3.16. The Morgan fingerprint density at radius 1 is 1.47 bits per heavy atom. The lowest BCUT2D eigenvalue weighted by Gasteiger charge is -2.21. The SMILES string of the molecule is CC(C)C1CCN(c2ccc(CN)cc2Br)C1. The van der Waals surface area contributed by atoms with E-state index in [0.717, 1.165) is 11.8 Å². The van der Waals surface area contributed by atoms with E-state index >= 15 is 0 Å². The summed E-state index contributed by atoms with van der Waals surface area (Å²) in [5.41, 5.74) is 8.14. The van der Waals surface area contributed by atoms with Crippen LogP contribution in [0.25, 0.3) is 0 Å². The topological polar surface area (TPSA) is 29.3 Å². The zero-order valence-electron chi connectivity index (χ0n) is 10.6. The Morgan fingerprint density at radius 2 is 2.24 bits per heavy atom. The minimum absolute atomic E-state index is 0.605. The van der Waals surface area contributed by atoms with Gasteiger partial charge in [-0.3, -0.25) is 0 Å². The molecule has 2 rings (SSSR count). The van der Waals surface area contributed by atoms with E-state index in [-0.39, 0.29) is 0 Å². The number of nitrogens with two attached hydrogens (primary N) is 1. The normalized spacial score (nSPS) is 20.3. The van der Waals surface area contributed by atoms with Crippen molar-refractivity contribution in [3.05, 3.63) is 28.2 Å². The zero-order valence-corrected chi connectivity index (χ0v) is 12.2. The molecule has 2 nitrogen and oxygen atoms in total. The van der Waals surface area contributed by atoms with E-state index in [9.17, 15) is 0 Å². The third-order valence-corrected chi connectivity index (χ3v) is 4.39. The van der Waals surface area contributed by atoms with Crippen LogP contribution in [0.2, 0.25) is 0 Å². The summed E-state index contributed by atoms with van der Waals surface area (Å²) in [6, 6.07) is 6.45. The molecule has 1 fully saturated rings. The van der Waals surface area contributed by atoms with Crippen LogP contribution in [0.15, 0.2) is 22.7 Å². The standard InChI is InChI=1S/C14H21BrN2/c1-10(2)12-5-6-17(9-12)14-4-3-11(8-16)7-13(14)15/h3-4,7,10,12H,5-6,8-9,16H2,1-2H3. The molecular formula is C14H21BrN2. The predicted octanol–water partition coefficient (Wildman–Crippen LogP) is 3.39. The average Bonchev–Trinajstić information content (AvgIpc) is 2.78. The number of halogens is 1. The van der Waals surface area contributed by atoms with Gasteiger partial charge in [-0.25, -0.2) is 0 Å².